The van der Waals surface area contributed by atoms with Crippen molar-refractivity contribution in [2.75, 3.05) is 11.9 Å². The number of benzene rings is 1. The molecule has 5 aliphatic rings. The van der Waals surface area contributed by atoms with Gasteiger partial charge in [0.1, 0.15) is 5.82 Å². The molecule has 7 rings (SSSR count). The van der Waals surface area contributed by atoms with Crippen LogP contribution in [0.5, 0.6) is 0 Å². The lowest BCUT2D eigenvalue weighted by molar-refractivity contribution is -0.00773. The number of para-hydroxylation sites is 1. The Hall–Kier alpha value is -1.29. The van der Waals surface area contributed by atoms with Crippen LogP contribution in [0.2, 0.25) is 0 Å². The molecule has 2 aromatic rings. The summed E-state index contributed by atoms with van der Waals surface area (Å²) >= 11 is 3.76. The number of aromatic nitrogens is 2. The molecule has 3 nitrogen and oxygen atoms in total. The van der Waals surface area contributed by atoms with Gasteiger partial charge in [0.15, 0.2) is 0 Å². The fraction of sp³-hybridized carbons (Fsp3) is 0.609. The van der Waals surface area contributed by atoms with Crippen LogP contribution in [0.1, 0.15) is 62.6 Å². The molecule has 1 aromatic carbocycles. The molecule has 0 saturated heterocycles. The van der Waals surface area contributed by atoms with E-state index in [1.165, 1.54) is 80.6 Å². The molecule has 0 amide bonds. The van der Waals surface area contributed by atoms with E-state index in [1.807, 2.05) is 0 Å². The molecule has 4 heteroatoms. The lowest BCUT2D eigenvalue weighted by atomic mass is 9.48. The molecule has 4 aliphatic carbocycles. The molecule has 0 spiro atoms. The summed E-state index contributed by atoms with van der Waals surface area (Å²) < 4.78 is 3.34. The zero-order chi connectivity index (χ0) is 18.0. The maximum absolute atomic E-state index is 5.38. The Balaban J connectivity index is 1.53. The summed E-state index contributed by atoms with van der Waals surface area (Å²) in [6.45, 7) is 1.06. The van der Waals surface area contributed by atoms with Crippen molar-refractivity contribution in [2.45, 2.75) is 63.2 Å². The van der Waals surface area contributed by atoms with Gasteiger partial charge in [-0.2, -0.15) is 5.10 Å². The molecule has 0 unspecified atom stereocenters. The predicted octanol–water partition coefficient (Wildman–Crippen LogP) is 5.85. The molecular weight excluding hydrogens is 398 g/mol. The number of rotatable bonds is 2. The topological polar surface area (TPSA) is 29.9 Å². The van der Waals surface area contributed by atoms with E-state index in [0.717, 1.165) is 28.8 Å². The Morgan fingerprint density at radius 2 is 1.70 bits per heavy atom. The summed E-state index contributed by atoms with van der Waals surface area (Å²) in [5, 5.41) is 9.13. The molecule has 142 valence electrons. The van der Waals surface area contributed by atoms with Gasteiger partial charge in [-0.25, -0.2) is 4.68 Å². The summed E-state index contributed by atoms with van der Waals surface area (Å²) in [6, 6.07) is 8.52. The van der Waals surface area contributed by atoms with Crippen LogP contribution in [0, 0.1) is 17.8 Å². The smallest absolute Gasteiger partial charge is 0.133 e. The maximum Gasteiger partial charge on any atom is 0.133 e. The van der Waals surface area contributed by atoms with Crippen molar-refractivity contribution in [1.29, 1.82) is 0 Å². The lowest BCUT2D eigenvalue weighted by Crippen LogP contribution is -2.49. The van der Waals surface area contributed by atoms with Crippen molar-refractivity contribution < 1.29 is 0 Å². The van der Waals surface area contributed by atoms with E-state index in [4.69, 9.17) is 5.10 Å². The third-order valence-electron chi connectivity index (χ3n) is 7.75. The van der Waals surface area contributed by atoms with Crippen LogP contribution >= 0.6 is 15.9 Å². The second kappa shape index (κ2) is 6.10. The summed E-state index contributed by atoms with van der Waals surface area (Å²) in [7, 11) is 0. The van der Waals surface area contributed by atoms with Gasteiger partial charge in [-0.3, -0.25) is 0 Å². The van der Waals surface area contributed by atoms with E-state index < -0.39 is 0 Å². The van der Waals surface area contributed by atoms with Gasteiger partial charge in [0.2, 0.25) is 0 Å². The van der Waals surface area contributed by atoms with Crippen molar-refractivity contribution >= 4 is 21.7 Å². The van der Waals surface area contributed by atoms with Gasteiger partial charge in [0, 0.05) is 22.0 Å². The fourth-order valence-electron chi connectivity index (χ4n) is 7.13. The van der Waals surface area contributed by atoms with Crippen molar-refractivity contribution in [2.24, 2.45) is 17.8 Å². The first-order valence-corrected chi connectivity index (χ1v) is 11.6. The number of hydrogen-bond donors (Lipinski definition) is 1. The van der Waals surface area contributed by atoms with Crippen LogP contribution in [-0.4, -0.2) is 16.3 Å². The Kier molecular flexibility index (Phi) is 3.76. The molecule has 1 N–H and O–H groups in total. The molecule has 27 heavy (non-hydrogen) atoms. The van der Waals surface area contributed by atoms with Gasteiger partial charge >= 0.3 is 0 Å². The zero-order valence-electron chi connectivity index (χ0n) is 15.9. The van der Waals surface area contributed by atoms with E-state index in [-0.39, 0.29) is 0 Å². The van der Waals surface area contributed by atoms with Crippen LogP contribution in [0.4, 0.5) is 5.82 Å². The third-order valence-corrected chi connectivity index (χ3v) is 8.42. The molecular formula is C23H28BrN3. The average molecular weight is 426 g/mol. The van der Waals surface area contributed by atoms with Gasteiger partial charge in [0.05, 0.1) is 11.4 Å². The van der Waals surface area contributed by atoms with Crippen LogP contribution in [-0.2, 0) is 11.8 Å². The van der Waals surface area contributed by atoms with Gasteiger partial charge in [-0.15, -0.1) is 0 Å². The first kappa shape index (κ1) is 16.6. The van der Waals surface area contributed by atoms with Crippen molar-refractivity contribution in [1.82, 2.24) is 9.78 Å². The van der Waals surface area contributed by atoms with Crippen LogP contribution in [0.25, 0.3) is 5.69 Å². The molecule has 0 atom stereocenters. The summed E-state index contributed by atoms with van der Waals surface area (Å²) in [5.41, 5.74) is 4.52. The van der Waals surface area contributed by atoms with Gasteiger partial charge in [-0.05, 0) is 104 Å². The predicted molar refractivity (Wildman–Crippen MR) is 113 cm³/mol. The molecule has 4 bridgehead atoms. The minimum Gasteiger partial charge on any atom is -0.370 e. The van der Waals surface area contributed by atoms with E-state index in [9.17, 15) is 0 Å². The quantitative estimate of drug-likeness (QED) is 0.653. The minimum absolute atomic E-state index is 0.358. The summed E-state index contributed by atoms with van der Waals surface area (Å²) in [6.07, 6.45) is 12.4. The van der Waals surface area contributed by atoms with E-state index >= 15 is 0 Å². The highest BCUT2D eigenvalue weighted by molar-refractivity contribution is 9.10. The Morgan fingerprint density at radius 1 is 1.00 bits per heavy atom. The third kappa shape index (κ3) is 2.55. The molecule has 4 fully saturated rings. The van der Waals surface area contributed by atoms with E-state index in [1.54, 1.807) is 0 Å². The molecule has 2 heterocycles. The largest absolute Gasteiger partial charge is 0.370 e. The average Bonchev–Trinajstić information content (AvgIpc) is 2.84. The summed E-state index contributed by atoms with van der Waals surface area (Å²) in [5.74, 6) is 4.14. The molecule has 1 aromatic heterocycles. The minimum atomic E-state index is 0.358. The molecule has 4 saturated carbocycles. The number of halogens is 1. The maximum atomic E-state index is 5.38. The number of anilines is 1. The normalized spacial score (nSPS) is 34.2. The SMILES string of the molecule is Brc1ccccc1-n1nc(C23CC4CC(CC(C4)C2)C3)c2c1NCCCC2. The van der Waals surface area contributed by atoms with Crippen molar-refractivity contribution in [3.05, 3.63) is 40.0 Å². The standard InChI is InChI=1S/C23H28BrN3/c24-19-6-1-2-7-20(19)27-22-18(5-3-4-8-25-22)21(26-27)23-12-15-9-16(13-23)11-17(10-15)14-23/h1-2,6-7,15-17,25H,3-5,8-14H2. The van der Waals surface area contributed by atoms with E-state index in [2.05, 4.69) is 50.2 Å². The van der Waals surface area contributed by atoms with Gasteiger partial charge < -0.3 is 5.32 Å². The number of nitrogens with one attached hydrogen (secondary N) is 1. The first-order chi connectivity index (χ1) is 13.2. The number of fused-ring (bicyclic) bond motifs is 1. The second-order valence-electron chi connectivity index (χ2n) is 9.62. The zero-order valence-corrected chi connectivity index (χ0v) is 17.5. The second-order valence-corrected chi connectivity index (χ2v) is 10.5. The van der Waals surface area contributed by atoms with Crippen LogP contribution < -0.4 is 5.32 Å². The van der Waals surface area contributed by atoms with Gasteiger partial charge in [0.25, 0.3) is 0 Å². The highest BCUT2D eigenvalue weighted by Gasteiger charge is 2.53. The lowest BCUT2D eigenvalue weighted by Gasteiger charge is -2.56. The monoisotopic (exact) mass is 425 g/mol. The summed E-state index contributed by atoms with van der Waals surface area (Å²) in [4.78, 5) is 0. The van der Waals surface area contributed by atoms with Crippen LogP contribution in [0.3, 0.4) is 0 Å². The Labute approximate surface area is 170 Å². The Morgan fingerprint density at radius 3 is 2.41 bits per heavy atom. The highest BCUT2D eigenvalue weighted by Crippen LogP contribution is 2.61. The van der Waals surface area contributed by atoms with Crippen molar-refractivity contribution in [3.63, 3.8) is 0 Å². The number of nitrogens with zero attached hydrogens (tertiary/aromatic N) is 2. The molecule has 1 aliphatic heterocycles. The van der Waals surface area contributed by atoms with Gasteiger partial charge in [-0.1, -0.05) is 12.1 Å². The Bertz CT molecular complexity index is 848. The highest BCUT2D eigenvalue weighted by atomic mass is 79.9. The van der Waals surface area contributed by atoms with E-state index in [0.29, 0.717) is 5.41 Å². The number of hydrogen-bond acceptors (Lipinski definition) is 2. The molecule has 0 radical (unpaired) electrons. The van der Waals surface area contributed by atoms with Crippen LogP contribution in [0.15, 0.2) is 28.7 Å². The first-order valence-electron chi connectivity index (χ1n) is 10.8. The fourth-order valence-corrected chi connectivity index (χ4v) is 7.58. The van der Waals surface area contributed by atoms with Crippen molar-refractivity contribution in [3.8, 4) is 5.69 Å².